The molecule has 308 valence electrons. The van der Waals surface area contributed by atoms with Crippen molar-refractivity contribution in [2.24, 2.45) is 0 Å². The van der Waals surface area contributed by atoms with E-state index in [4.69, 9.17) is 14.2 Å². The Kier molecular flexibility index (Phi) is 40.5. The molecule has 0 radical (unpaired) electrons. The van der Waals surface area contributed by atoms with E-state index >= 15 is 0 Å². The molecule has 0 saturated carbocycles. The van der Waals surface area contributed by atoms with E-state index in [1.165, 1.54) is 103 Å². The van der Waals surface area contributed by atoms with E-state index in [1.54, 1.807) is 0 Å². The van der Waals surface area contributed by atoms with Crippen molar-refractivity contribution in [3.63, 3.8) is 0 Å². The number of rotatable bonds is 40. The standard InChI is InChI=1S/C47H84O6/c1-4-7-10-13-16-19-21-22-23-24-26-28-31-34-37-40-46(49)52-43-44(42-51-45(48)39-36-33-30-27-18-15-12-9-6-3)53-47(50)41-38-35-32-29-25-20-17-14-11-8-5-2/h9,12,14,17-18,27,44H,4-8,10-11,13,15-16,19-26,28-43H2,1-3H3/b12-9-,17-14-,27-18-. The van der Waals surface area contributed by atoms with E-state index in [0.29, 0.717) is 19.3 Å². The molecule has 0 aromatic rings. The van der Waals surface area contributed by atoms with Crippen LogP contribution in [0.3, 0.4) is 0 Å². The molecule has 1 unspecified atom stereocenters. The number of esters is 3. The quantitative estimate of drug-likeness (QED) is 0.0269. The first-order valence-electron chi connectivity index (χ1n) is 22.5. The summed E-state index contributed by atoms with van der Waals surface area (Å²) in [7, 11) is 0. The summed E-state index contributed by atoms with van der Waals surface area (Å²) < 4.78 is 16.6. The lowest BCUT2D eigenvalue weighted by Gasteiger charge is -2.18. The SMILES string of the molecule is CC/C=C\C/C=C\CCCCC(=O)OCC(COC(=O)CCCCCCCCCCCCCCCCC)OC(=O)CCCCCCC/C=C\CCCC. The average Bonchev–Trinajstić information content (AvgIpc) is 3.15. The highest BCUT2D eigenvalue weighted by molar-refractivity contribution is 5.71. The third kappa shape index (κ3) is 40.6. The zero-order valence-corrected chi connectivity index (χ0v) is 35.0. The van der Waals surface area contributed by atoms with Gasteiger partial charge in [0.1, 0.15) is 13.2 Å². The first-order chi connectivity index (χ1) is 26.0. The van der Waals surface area contributed by atoms with Gasteiger partial charge in [-0.3, -0.25) is 14.4 Å². The maximum Gasteiger partial charge on any atom is 0.306 e. The Morgan fingerprint density at radius 2 is 0.755 bits per heavy atom. The fourth-order valence-electron chi connectivity index (χ4n) is 6.22. The van der Waals surface area contributed by atoms with Gasteiger partial charge in [-0.2, -0.15) is 0 Å². The van der Waals surface area contributed by atoms with Crippen molar-refractivity contribution in [3.8, 4) is 0 Å². The second kappa shape index (κ2) is 42.4. The number of ether oxygens (including phenoxy) is 3. The van der Waals surface area contributed by atoms with Crippen molar-refractivity contribution in [1.29, 1.82) is 0 Å². The van der Waals surface area contributed by atoms with E-state index < -0.39 is 6.10 Å². The van der Waals surface area contributed by atoms with Crippen LogP contribution in [-0.2, 0) is 28.6 Å². The van der Waals surface area contributed by atoms with Crippen LogP contribution in [0.1, 0.15) is 226 Å². The fraction of sp³-hybridized carbons (Fsp3) is 0.809. The molecule has 0 spiro atoms. The van der Waals surface area contributed by atoms with Crippen LogP contribution >= 0.6 is 0 Å². The summed E-state index contributed by atoms with van der Waals surface area (Å²) in [6.07, 6.45) is 47.1. The Morgan fingerprint density at radius 1 is 0.396 bits per heavy atom. The monoisotopic (exact) mass is 745 g/mol. The number of unbranched alkanes of at least 4 members (excludes halogenated alkanes) is 23. The Balaban J connectivity index is 4.34. The molecule has 0 rings (SSSR count). The molecule has 0 aliphatic rings. The number of hydrogen-bond donors (Lipinski definition) is 0. The van der Waals surface area contributed by atoms with Crippen molar-refractivity contribution in [2.75, 3.05) is 13.2 Å². The van der Waals surface area contributed by atoms with Crippen LogP contribution < -0.4 is 0 Å². The van der Waals surface area contributed by atoms with Crippen molar-refractivity contribution in [3.05, 3.63) is 36.5 Å². The molecule has 0 aromatic heterocycles. The molecule has 6 nitrogen and oxygen atoms in total. The summed E-state index contributed by atoms with van der Waals surface area (Å²) in [5, 5.41) is 0. The van der Waals surface area contributed by atoms with E-state index in [1.807, 2.05) is 0 Å². The molecule has 0 aliphatic heterocycles. The third-order valence-corrected chi connectivity index (χ3v) is 9.63. The van der Waals surface area contributed by atoms with Crippen molar-refractivity contribution in [2.45, 2.75) is 232 Å². The van der Waals surface area contributed by atoms with Crippen LogP contribution in [0, 0.1) is 0 Å². The molecule has 0 fully saturated rings. The number of carbonyl (C=O) groups is 3. The van der Waals surface area contributed by atoms with Crippen molar-refractivity contribution >= 4 is 17.9 Å². The zero-order chi connectivity index (χ0) is 38.7. The molecule has 0 aliphatic carbocycles. The highest BCUT2D eigenvalue weighted by atomic mass is 16.6. The van der Waals surface area contributed by atoms with Gasteiger partial charge < -0.3 is 14.2 Å². The first-order valence-corrected chi connectivity index (χ1v) is 22.5. The summed E-state index contributed by atoms with van der Waals surface area (Å²) in [6, 6.07) is 0. The second-order valence-electron chi connectivity index (χ2n) is 14.9. The molecule has 0 saturated heterocycles. The Labute approximate surface area is 327 Å². The van der Waals surface area contributed by atoms with Crippen LogP contribution in [0.2, 0.25) is 0 Å². The van der Waals surface area contributed by atoms with Crippen LogP contribution in [0.25, 0.3) is 0 Å². The minimum atomic E-state index is -0.782. The minimum Gasteiger partial charge on any atom is -0.462 e. The third-order valence-electron chi connectivity index (χ3n) is 9.63. The smallest absolute Gasteiger partial charge is 0.306 e. The van der Waals surface area contributed by atoms with Crippen LogP contribution in [0.4, 0.5) is 0 Å². The predicted octanol–water partition coefficient (Wildman–Crippen LogP) is 14.2. The summed E-state index contributed by atoms with van der Waals surface area (Å²) in [4.78, 5) is 37.6. The van der Waals surface area contributed by atoms with Gasteiger partial charge in [-0.15, -0.1) is 0 Å². The number of hydrogen-bond acceptors (Lipinski definition) is 6. The van der Waals surface area contributed by atoms with Gasteiger partial charge in [0.25, 0.3) is 0 Å². The fourth-order valence-corrected chi connectivity index (χ4v) is 6.22. The van der Waals surface area contributed by atoms with Gasteiger partial charge in [-0.25, -0.2) is 0 Å². The maximum absolute atomic E-state index is 12.7. The molecule has 0 heterocycles. The molecule has 0 amide bonds. The molecule has 0 bridgehead atoms. The van der Waals surface area contributed by atoms with Gasteiger partial charge in [0.2, 0.25) is 0 Å². The lowest BCUT2D eigenvalue weighted by molar-refractivity contribution is -0.167. The summed E-state index contributed by atoms with van der Waals surface area (Å²) >= 11 is 0. The number of allylic oxidation sites excluding steroid dienone is 6. The van der Waals surface area contributed by atoms with Crippen molar-refractivity contribution in [1.82, 2.24) is 0 Å². The lowest BCUT2D eigenvalue weighted by atomic mass is 10.0. The van der Waals surface area contributed by atoms with Crippen molar-refractivity contribution < 1.29 is 28.6 Å². The predicted molar refractivity (Wildman–Crippen MR) is 224 cm³/mol. The molecule has 0 N–H and O–H groups in total. The largest absolute Gasteiger partial charge is 0.462 e. The average molecular weight is 745 g/mol. The summed E-state index contributed by atoms with van der Waals surface area (Å²) in [5.41, 5.74) is 0. The summed E-state index contributed by atoms with van der Waals surface area (Å²) in [6.45, 7) is 6.43. The zero-order valence-electron chi connectivity index (χ0n) is 35.0. The van der Waals surface area contributed by atoms with Gasteiger partial charge >= 0.3 is 17.9 Å². The van der Waals surface area contributed by atoms with E-state index in [0.717, 1.165) is 83.5 Å². The van der Waals surface area contributed by atoms with Gasteiger partial charge in [0.15, 0.2) is 6.10 Å². The second-order valence-corrected chi connectivity index (χ2v) is 14.9. The molecule has 6 heteroatoms. The topological polar surface area (TPSA) is 78.9 Å². The Bertz CT molecular complexity index is 907. The number of carbonyl (C=O) groups excluding carboxylic acids is 3. The van der Waals surface area contributed by atoms with Gasteiger partial charge in [-0.1, -0.05) is 179 Å². The molecule has 53 heavy (non-hydrogen) atoms. The van der Waals surface area contributed by atoms with Gasteiger partial charge in [-0.05, 0) is 64.2 Å². The van der Waals surface area contributed by atoms with Gasteiger partial charge in [0, 0.05) is 19.3 Å². The van der Waals surface area contributed by atoms with Crippen LogP contribution in [0.15, 0.2) is 36.5 Å². The van der Waals surface area contributed by atoms with E-state index in [-0.39, 0.29) is 31.1 Å². The highest BCUT2D eigenvalue weighted by Crippen LogP contribution is 2.15. The van der Waals surface area contributed by atoms with E-state index in [9.17, 15) is 14.4 Å². The first kappa shape index (κ1) is 50.6. The lowest BCUT2D eigenvalue weighted by Crippen LogP contribution is -2.30. The molecular weight excluding hydrogens is 661 g/mol. The highest BCUT2D eigenvalue weighted by Gasteiger charge is 2.19. The van der Waals surface area contributed by atoms with Gasteiger partial charge in [0.05, 0.1) is 0 Å². The normalized spacial score (nSPS) is 12.3. The minimum absolute atomic E-state index is 0.0837. The Hall–Kier alpha value is -2.37. The van der Waals surface area contributed by atoms with E-state index in [2.05, 4.69) is 57.2 Å². The molecule has 1 atom stereocenters. The van der Waals surface area contributed by atoms with Crippen LogP contribution in [-0.4, -0.2) is 37.2 Å². The molecule has 0 aromatic carbocycles. The summed E-state index contributed by atoms with van der Waals surface area (Å²) in [5.74, 6) is -0.931. The molecular formula is C47H84O6. The maximum atomic E-state index is 12.7. The van der Waals surface area contributed by atoms with Crippen LogP contribution in [0.5, 0.6) is 0 Å². The Morgan fingerprint density at radius 3 is 1.25 bits per heavy atom.